The molecule has 10 heteroatoms. The topological polar surface area (TPSA) is 109 Å². The molecule has 0 radical (unpaired) electrons. The summed E-state index contributed by atoms with van der Waals surface area (Å²) in [5.74, 6) is 0.0247. The van der Waals surface area contributed by atoms with Crippen LogP contribution in [0.5, 0.6) is 0 Å². The molecular weight excluding hydrogens is 361 g/mol. The van der Waals surface area contributed by atoms with Crippen molar-refractivity contribution in [2.45, 2.75) is 0 Å². The number of hydrogen-bond acceptors (Lipinski definition) is 7. The van der Waals surface area contributed by atoms with Gasteiger partial charge in [-0.2, -0.15) is 4.52 Å². The van der Waals surface area contributed by atoms with E-state index in [2.05, 4.69) is 35.6 Å². The first-order chi connectivity index (χ1) is 13.7. The predicted octanol–water partition coefficient (Wildman–Crippen LogP) is 0.858. The number of benzene rings is 1. The van der Waals surface area contributed by atoms with Crippen molar-refractivity contribution in [3.05, 3.63) is 36.3 Å². The number of fused-ring (bicyclic) bond motifs is 1. The Hall–Kier alpha value is -3.11. The van der Waals surface area contributed by atoms with Gasteiger partial charge in [-0.15, -0.1) is 5.10 Å². The summed E-state index contributed by atoms with van der Waals surface area (Å²) in [6.45, 7) is 5.74. The van der Waals surface area contributed by atoms with Gasteiger partial charge < -0.3 is 16.4 Å². The molecule has 0 saturated carbocycles. The number of nitrogen functional groups attached to an aromatic ring is 1. The van der Waals surface area contributed by atoms with E-state index >= 15 is 0 Å². The number of nitrogens with zero attached hydrogens (tertiary/aromatic N) is 6. The van der Waals surface area contributed by atoms with Gasteiger partial charge in [0.05, 0.1) is 24.6 Å². The van der Waals surface area contributed by atoms with Gasteiger partial charge in [-0.05, 0) is 12.1 Å². The molecule has 0 atom stereocenters. The number of anilines is 2. The third-order valence-corrected chi connectivity index (χ3v) is 4.57. The lowest BCUT2D eigenvalue weighted by molar-refractivity contribution is 0.248. The minimum atomic E-state index is -0.395. The summed E-state index contributed by atoms with van der Waals surface area (Å²) in [5.41, 5.74) is 7.25. The normalized spacial score (nSPS) is 15.5. The van der Waals surface area contributed by atoms with Crippen LogP contribution in [0.1, 0.15) is 0 Å². The van der Waals surface area contributed by atoms with Gasteiger partial charge in [-0.3, -0.25) is 9.89 Å². The number of aromatic nitrogens is 4. The van der Waals surface area contributed by atoms with E-state index in [1.165, 1.54) is 10.6 Å². The lowest BCUT2D eigenvalue weighted by Crippen LogP contribution is -2.44. The van der Waals surface area contributed by atoms with Crippen LogP contribution in [0.15, 0.2) is 35.5 Å². The summed E-state index contributed by atoms with van der Waals surface area (Å²) in [7, 11) is 0. The van der Waals surface area contributed by atoms with E-state index in [4.69, 9.17) is 5.73 Å². The van der Waals surface area contributed by atoms with Crippen LogP contribution in [-0.2, 0) is 0 Å². The van der Waals surface area contributed by atoms with Crippen LogP contribution in [-0.4, -0.2) is 70.1 Å². The first-order valence-electron chi connectivity index (χ1n) is 9.16. The number of aliphatic imine (C=N–C) groups is 1. The van der Waals surface area contributed by atoms with Gasteiger partial charge in [0.1, 0.15) is 11.5 Å². The van der Waals surface area contributed by atoms with Gasteiger partial charge in [-0.1, -0.05) is 12.1 Å². The Morgan fingerprint density at radius 2 is 2.11 bits per heavy atom. The summed E-state index contributed by atoms with van der Waals surface area (Å²) in [4.78, 5) is 15.3. The molecule has 0 unspecified atom stereocenters. The van der Waals surface area contributed by atoms with Gasteiger partial charge >= 0.3 is 0 Å². The lowest BCUT2D eigenvalue weighted by atomic mass is 10.2. The van der Waals surface area contributed by atoms with Crippen molar-refractivity contribution >= 4 is 23.6 Å². The molecule has 1 aliphatic rings. The van der Waals surface area contributed by atoms with Crippen LogP contribution in [0, 0.1) is 5.82 Å². The van der Waals surface area contributed by atoms with Crippen LogP contribution >= 0.6 is 0 Å². The molecule has 3 aromatic rings. The summed E-state index contributed by atoms with van der Waals surface area (Å²) >= 11 is 0. The third kappa shape index (κ3) is 3.92. The zero-order valence-electron chi connectivity index (χ0n) is 15.3. The molecule has 146 valence electrons. The van der Waals surface area contributed by atoms with E-state index in [-0.39, 0.29) is 11.8 Å². The van der Waals surface area contributed by atoms with E-state index in [0.717, 1.165) is 32.7 Å². The number of nitrogens with one attached hydrogen (secondary N) is 2. The molecule has 0 aliphatic carbocycles. The van der Waals surface area contributed by atoms with Crippen LogP contribution in [0.3, 0.4) is 0 Å². The fraction of sp³-hybridized carbons (Fsp3) is 0.333. The monoisotopic (exact) mass is 383 g/mol. The largest absolute Gasteiger partial charge is 0.368 e. The van der Waals surface area contributed by atoms with Gasteiger partial charge in [0.2, 0.25) is 5.95 Å². The van der Waals surface area contributed by atoms with Crippen molar-refractivity contribution < 1.29 is 4.39 Å². The maximum absolute atomic E-state index is 14.1. The minimum absolute atomic E-state index is 0.172. The standard InChI is InChI=1S/C18H22FN9/c19-14-4-2-1-3-13(14)16-25-17-15(11-23-18(20)28(17)26-16)24-12-22-7-10-27-8-5-21-6-9-27/h1-4,11-12,21H,5-10H2,(H2,20,23)(H,22,24). The fourth-order valence-electron chi connectivity index (χ4n) is 3.06. The van der Waals surface area contributed by atoms with E-state index in [1.807, 2.05) is 0 Å². The first-order valence-corrected chi connectivity index (χ1v) is 9.16. The molecule has 1 fully saturated rings. The summed E-state index contributed by atoms with van der Waals surface area (Å²) in [6, 6.07) is 6.34. The highest BCUT2D eigenvalue weighted by Crippen LogP contribution is 2.23. The van der Waals surface area contributed by atoms with E-state index in [9.17, 15) is 4.39 Å². The third-order valence-electron chi connectivity index (χ3n) is 4.57. The summed E-state index contributed by atoms with van der Waals surface area (Å²) < 4.78 is 15.5. The maximum atomic E-state index is 14.1. The molecule has 4 rings (SSSR count). The molecule has 28 heavy (non-hydrogen) atoms. The highest BCUT2D eigenvalue weighted by molar-refractivity contribution is 5.83. The number of nitrogens with two attached hydrogens (primary N) is 1. The summed E-state index contributed by atoms with van der Waals surface area (Å²) in [5, 5.41) is 10.7. The van der Waals surface area contributed by atoms with Crippen molar-refractivity contribution in [3.8, 4) is 11.4 Å². The van der Waals surface area contributed by atoms with Crippen LogP contribution in [0.25, 0.3) is 17.0 Å². The average molecular weight is 383 g/mol. The lowest BCUT2D eigenvalue weighted by Gasteiger charge is -2.26. The highest BCUT2D eigenvalue weighted by Gasteiger charge is 2.15. The number of piperazine rings is 1. The second kappa shape index (κ2) is 8.28. The van der Waals surface area contributed by atoms with Gasteiger partial charge in [0, 0.05) is 32.7 Å². The fourth-order valence-corrected chi connectivity index (χ4v) is 3.06. The van der Waals surface area contributed by atoms with Gasteiger partial charge in [-0.25, -0.2) is 14.4 Å². The zero-order valence-corrected chi connectivity index (χ0v) is 15.3. The molecule has 0 bridgehead atoms. The number of halogens is 1. The molecule has 1 saturated heterocycles. The Morgan fingerprint density at radius 1 is 1.29 bits per heavy atom. The van der Waals surface area contributed by atoms with Gasteiger partial charge in [0.15, 0.2) is 11.5 Å². The van der Waals surface area contributed by atoms with Crippen molar-refractivity contribution in [2.24, 2.45) is 4.99 Å². The minimum Gasteiger partial charge on any atom is -0.368 e. The first kappa shape index (κ1) is 18.3. The SMILES string of the molecule is Nc1ncc(NC=NCCN2CCNCC2)c2nc(-c3ccccc3F)nn12. The molecule has 1 aromatic carbocycles. The zero-order chi connectivity index (χ0) is 19.3. The molecule has 0 spiro atoms. The van der Waals surface area contributed by atoms with Crippen molar-refractivity contribution in [3.63, 3.8) is 0 Å². The predicted molar refractivity (Wildman–Crippen MR) is 107 cm³/mol. The summed E-state index contributed by atoms with van der Waals surface area (Å²) in [6.07, 6.45) is 3.18. The smallest absolute Gasteiger partial charge is 0.223 e. The number of rotatable bonds is 6. The highest BCUT2D eigenvalue weighted by atomic mass is 19.1. The number of hydrogen-bond donors (Lipinski definition) is 3. The van der Waals surface area contributed by atoms with Gasteiger partial charge in [0.25, 0.3) is 0 Å². The Morgan fingerprint density at radius 3 is 2.93 bits per heavy atom. The molecule has 3 heterocycles. The Balaban J connectivity index is 1.49. The molecule has 4 N–H and O–H groups in total. The van der Waals surface area contributed by atoms with E-state index in [0.29, 0.717) is 23.4 Å². The van der Waals surface area contributed by atoms with E-state index < -0.39 is 5.82 Å². The second-order valence-electron chi connectivity index (χ2n) is 6.45. The van der Waals surface area contributed by atoms with Crippen molar-refractivity contribution in [2.75, 3.05) is 50.3 Å². The average Bonchev–Trinajstić information content (AvgIpc) is 3.17. The maximum Gasteiger partial charge on any atom is 0.223 e. The van der Waals surface area contributed by atoms with Crippen molar-refractivity contribution in [1.29, 1.82) is 0 Å². The Kier molecular flexibility index (Phi) is 5.40. The Labute approximate surface area is 161 Å². The Bertz CT molecular complexity index is 978. The molecule has 0 amide bonds. The quantitative estimate of drug-likeness (QED) is 0.428. The second-order valence-corrected chi connectivity index (χ2v) is 6.45. The van der Waals surface area contributed by atoms with Crippen molar-refractivity contribution in [1.82, 2.24) is 29.8 Å². The molecular formula is C18H22FN9. The molecule has 1 aliphatic heterocycles. The van der Waals surface area contributed by atoms with Crippen LogP contribution < -0.4 is 16.4 Å². The molecule has 2 aromatic heterocycles. The molecule has 9 nitrogen and oxygen atoms in total. The van der Waals surface area contributed by atoms with Crippen LogP contribution in [0.4, 0.5) is 16.0 Å². The van der Waals surface area contributed by atoms with E-state index in [1.54, 1.807) is 30.7 Å². The van der Waals surface area contributed by atoms with Crippen LogP contribution in [0.2, 0.25) is 0 Å².